The highest BCUT2D eigenvalue weighted by Gasteiger charge is 2.27. The SMILES string of the molecule is O=C(O)CSc1nc2cc(F)ccc2n1CCC(F)(F)F. The Balaban J connectivity index is 2.36. The third-order valence-electron chi connectivity index (χ3n) is 2.62. The Kier molecular flexibility index (Phi) is 4.40. The zero-order chi connectivity index (χ0) is 15.6. The van der Waals surface area contributed by atoms with Crippen LogP contribution < -0.4 is 0 Å². The van der Waals surface area contributed by atoms with Crippen LogP contribution in [-0.2, 0) is 11.3 Å². The molecule has 1 heterocycles. The van der Waals surface area contributed by atoms with Crippen LogP contribution in [0, 0.1) is 5.82 Å². The number of rotatable bonds is 5. The van der Waals surface area contributed by atoms with E-state index < -0.39 is 30.9 Å². The van der Waals surface area contributed by atoms with Crippen LogP contribution in [0.1, 0.15) is 6.42 Å². The van der Waals surface area contributed by atoms with Crippen molar-refractivity contribution >= 4 is 28.8 Å². The van der Waals surface area contributed by atoms with Crippen molar-refractivity contribution < 1.29 is 27.5 Å². The van der Waals surface area contributed by atoms with E-state index in [1.807, 2.05) is 0 Å². The lowest BCUT2D eigenvalue weighted by Crippen LogP contribution is -2.13. The van der Waals surface area contributed by atoms with Crippen molar-refractivity contribution in [2.75, 3.05) is 5.75 Å². The Labute approximate surface area is 120 Å². The van der Waals surface area contributed by atoms with Gasteiger partial charge in [-0.15, -0.1) is 0 Å². The number of carbonyl (C=O) groups is 1. The predicted molar refractivity (Wildman–Crippen MR) is 68.7 cm³/mol. The summed E-state index contributed by atoms with van der Waals surface area (Å²) in [5.74, 6) is -2.00. The predicted octanol–water partition coefficient (Wildman–Crippen LogP) is 3.30. The minimum Gasteiger partial charge on any atom is -0.481 e. The number of nitrogens with zero attached hydrogens (tertiary/aromatic N) is 2. The van der Waals surface area contributed by atoms with Crippen molar-refractivity contribution in [2.24, 2.45) is 0 Å². The minimum atomic E-state index is -4.34. The first-order valence-corrected chi connectivity index (χ1v) is 6.82. The molecule has 0 atom stereocenters. The average Bonchev–Trinajstić information content (AvgIpc) is 2.69. The van der Waals surface area contributed by atoms with Crippen LogP contribution in [0.15, 0.2) is 23.4 Å². The number of fused-ring (bicyclic) bond motifs is 1. The van der Waals surface area contributed by atoms with Crippen molar-refractivity contribution in [3.63, 3.8) is 0 Å². The lowest BCUT2D eigenvalue weighted by Gasteiger charge is -2.10. The van der Waals surface area contributed by atoms with Crippen molar-refractivity contribution in [1.82, 2.24) is 9.55 Å². The number of aromatic nitrogens is 2. The van der Waals surface area contributed by atoms with E-state index in [1.54, 1.807) is 0 Å². The summed E-state index contributed by atoms with van der Waals surface area (Å²) >= 11 is 0.800. The lowest BCUT2D eigenvalue weighted by molar-refractivity contribution is -0.137. The average molecular weight is 322 g/mol. The first-order valence-electron chi connectivity index (χ1n) is 5.83. The summed E-state index contributed by atoms with van der Waals surface area (Å²) in [6.07, 6.45) is -5.41. The number of hydrogen-bond donors (Lipinski definition) is 1. The number of hydrogen-bond acceptors (Lipinski definition) is 3. The molecule has 0 fully saturated rings. The van der Waals surface area contributed by atoms with E-state index in [1.165, 1.54) is 10.6 Å². The topological polar surface area (TPSA) is 55.1 Å². The van der Waals surface area contributed by atoms with Crippen LogP contribution >= 0.6 is 11.8 Å². The van der Waals surface area contributed by atoms with Gasteiger partial charge in [-0.1, -0.05) is 11.8 Å². The van der Waals surface area contributed by atoms with E-state index in [2.05, 4.69) is 4.98 Å². The summed E-state index contributed by atoms with van der Waals surface area (Å²) in [4.78, 5) is 14.6. The van der Waals surface area contributed by atoms with Gasteiger partial charge in [-0.25, -0.2) is 9.37 Å². The molecule has 21 heavy (non-hydrogen) atoms. The molecule has 0 unspecified atom stereocenters. The van der Waals surface area contributed by atoms with Gasteiger partial charge in [-0.05, 0) is 12.1 Å². The molecule has 0 amide bonds. The molecule has 1 N–H and O–H groups in total. The number of thioether (sulfide) groups is 1. The minimum absolute atomic E-state index is 0.127. The number of aliphatic carboxylic acids is 1. The highest BCUT2D eigenvalue weighted by Crippen LogP contribution is 2.28. The number of carboxylic acid groups (broad SMARTS) is 1. The van der Waals surface area contributed by atoms with Gasteiger partial charge in [0.2, 0.25) is 0 Å². The van der Waals surface area contributed by atoms with Crippen LogP contribution in [0.25, 0.3) is 11.0 Å². The van der Waals surface area contributed by atoms with Gasteiger partial charge in [0.15, 0.2) is 5.16 Å². The molecule has 0 aliphatic rings. The summed E-state index contributed by atoms with van der Waals surface area (Å²) in [6.45, 7) is -0.395. The smallest absolute Gasteiger partial charge is 0.390 e. The van der Waals surface area contributed by atoms with Crippen LogP contribution in [0.2, 0.25) is 0 Å². The standard InChI is InChI=1S/C12H10F4N2O2S/c13-7-1-2-9-8(5-7)17-11(21-6-10(19)20)18(9)4-3-12(14,15)16/h1-2,5H,3-4,6H2,(H,19,20). The molecule has 9 heteroatoms. The maximum Gasteiger partial charge on any atom is 0.390 e. The van der Waals surface area contributed by atoms with Gasteiger partial charge in [-0.3, -0.25) is 4.79 Å². The molecular formula is C12H10F4N2O2S. The van der Waals surface area contributed by atoms with Crippen LogP contribution in [0.3, 0.4) is 0 Å². The molecule has 4 nitrogen and oxygen atoms in total. The first kappa shape index (κ1) is 15.6. The summed E-state index contributed by atoms with van der Waals surface area (Å²) in [7, 11) is 0. The van der Waals surface area contributed by atoms with Crippen molar-refractivity contribution in [1.29, 1.82) is 0 Å². The Hall–Kier alpha value is -1.77. The van der Waals surface area contributed by atoms with Crippen molar-refractivity contribution in [3.05, 3.63) is 24.0 Å². The summed E-state index contributed by atoms with van der Waals surface area (Å²) in [5.41, 5.74) is 0.540. The summed E-state index contributed by atoms with van der Waals surface area (Å²) < 4.78 is 51.5. The number of alkyl halides is 3. The van der Waals surface area contributed by atoms with Gasteiger partial charge in [0.25, 0.3) is 0 Å². The fourth-order valence-corrected chi connectivity index (χ4v) is 2.53. The highest BCUT2D eigenvalue weighted by atomic mass is 32.2. The van der Waals surface area contributed by atoms with Gasteiger partial charge in [-0.2, -0.15) is 13.2 Å². The second-order valence-corrected chi connectivity index (χ2v) is 5.17. The molecule has 0 saturated carbocycles. The third-order valence-corrected chi connectivity index (χ3v) is 3.58. The quantitative estimate of drug-likeness (QED) is 0.678. The van der Waals surface area contributed by atoms with E-state index in [0.717, 1.165) is 23.9 Å². The Morgan fingerprint density at radius 2 is 2.10 bits per heavy atom. The zero-order valence-corrected chi connectivity index (χ0v) is 11.3. The molecule has 0 aliphatic carbocycles. The molecule has 0 spiro atoms. The van der Waals surface area contributed by atoms with E-state index in [9.17, 15) is 22.4 Å². The molecule has 0 radical (unpaired) electrons. The molecular weight excluding hydrogens is 312 g/mol. The molecule has 2 rings (SSSR count). The van der Waals surface area contributed by atoms with Gasteiger partial charge in [0.1, 0.15) is 5.82 Å². The van der Waals surface area contributed by atoms with Gasteiger partial charge in [0.05, 0.1) is 23.2 Å². The molecule has 0 bridgehead atoms. The Bertz CT molecular complexity index is 669. The molecule has 1 aromatic carbocycles. The molecule has 1 aromatic heterocycles. The van der Waals surface area contributed by atoms with Crippen molar-refractivity contribution in [3.8, 4) is 0 Å². The number of benzene rings is 1. The van der Waals surface area contributed by atoms with E-state index in [0.29, 0.717) is 5.52 Å². The lowest BCUT2D eigenvalue weighted by atomic mass is 10.3. The fourth-order valence-electron chi connectivity index (χ4n) is 1.77. The Morgan fingerprint density at radius 3 is 2.71 bits per heavy atom. The Morgan fingerprint density at radius 1 is 1.38 bits per heavy atom. The zero-order valence-electron chi connectivity index (χ0n) is 10.5. The second kappa shape index (κ2) is 5.92. The third kappa shape index (κ3) is 4.10. The van der Waals surface area contributed by atoms with Crippen LogP contribution in [0.5, 0.6) is 0 Å². The monoisotopic (exact) mass is 322 g/mol. The van der Waals surface area contributed by atoms with Crippen LogP contribution in [-0.4, -0.2) is 32.6 Å². The number of halogens is 4. The molecule has 0 aliphatic heterocycles. The highest BCUT2D eigenvalue weighted by molar-refractivity contribution is 7.99. The number of imidazole rings is 1. The molecule has 0 saturated heterocycles. The van der Waals surface area contributed by atoms with E-state index in [-0.39, 0.29) is 16.4 Å². The second-order valence-electron chi connectivity index (χ2n) is 4.23. The van der Waals surface area contributed by atoms with Gasteiger partial charge >= 0.3 is 12.1 Å². The first-order chi connectivity index (χ1) is 9.76. The fraction of sp³-hybridized carbons (Fsp3) is 0.333. The van der Waals surface area contributed by atoms with Gasteiger partial charge < -0.3 is 9.67 Å². The van der Waals surface area contributed by atoms with Crippen molar-refractivity contribution in [2.45, 2.75) is 24.3 Å². The maximum atomic E-state index is 13.1. The number of aryl methyl sites for hydroxylation is 1. The largest absolute Gasteiger partial charge is 0.481 e. The molecule has 114 valence electrons. The van der Waals surface area contributed by atoms with Crippen LogP contribution in [0.4, 0.5) is 17.6 Å². The van der Waals surface area contributed by atoms with Gasteiger partial charge in [0, 0.05) is 12.6 Å². The summed E-state index contributed by atoms with van der Waals surface area (Å²) in [5, 5.41) is 8.77. The normalized spacial score (nSPS) is 12.0. The number of carboxylic acids is 1. The van der Waals surface area contributed by atoms with E-state index in [4.69, 9.17) is 5.11 Å². The maximum absolute atomic E-state index is 13.1. The molecule has 2 aromatic rings. The summed E-state index contributed by atoms with van der Waals surface area (Å²) in [6, 6.07) is 3.56. The van der Waals surface area contributed by atoms with E-state index >= 15 is 0 Å².